The van der Waals surface area contributed by atoms with Crippen molar-refractivity contribution in [1.29, 1.82) is 0 Å². The fourth-order valence-corrected chi connectivity index (χ4v) is 3.69. The minimum Gasteiger partial charge on any atom is -0.337 e. The van der Waals surface area contributed by atoms with Crippen LogP contribution in [0.5, 0.6) is 0 Å². The number of carbonyl (C=O) groups is 1. The minimum atomic E-state index is -0.599. The Balaban J connectivity index is 1.39. The first kappa shape index (κ1) is 20.5. The Bertz CT molecular complexity index is 1050. The molecule has 6 nitrogen and oxygen atoms in total. The van der Waals surface area contributed by atoms with E-state index in [4.69, 9.17) is 16.1 Å². The number of amides is 1. The highest BCUT2D eigenvalue weighted by molar-refractivity contribution is 6.30. The first-order valence-electron chi connectivity index (χ1n) is 9.81. The highest BCUT2D eigenvalue weighted by Crippen LogP contribution is 2.24. The van der Waals surface area contributed by atoms with Crippen LogP contribution in [0.15, 0.2) is 47.0 Å². The van der Waals surface area contributed by atoms with Gasteiger partial charge in [0.2, 0.25) is 11.7 Å². The first-order chi connectivity index (χ1) is 14.4. The zero-order valence-corrected chi connectivity index (χ0v) is 17.6. The summed E-state index contributed by atoms with van der Waals surface area (Å²) < 4.78 is 19.6. The molecule has 0 saturated carbocycles. The molecular weight excluding hydrogens is 407 g/mol. The molecule has 1 aromatic heterocycles. The van der Waals surface area contributed by atoms with E-state index >= 15 is 0 Å². The van der Waals surface area contributed by atoms with Gasteiger partial charge in [0.05, 0.1) is 11.6 Å². The van der Waals surface area contributed by atoms with E-state index in [9.17, 15) is 9.18 Å². The third-order valence-electron chi connectivity index (χ3n) is 5.42. The fourth-order valence-electron chi connectivity index (χ4n) is 3.53. The number of aromatic nitrogens is 2. The molecule has 1 saturated heterocycles. The lowest BCUT2D eigenvalue weighted by molar-refractivity contribution is 0.0547. The molecule has 3 aromatic rings. The zero-order valence-electron chi connectivity index (χ0n) is 16.8. The molecule has 1 aliphatic rings. The largest absolute Gasteiger partial charge is 0.337 e. The zero-order chi connectivity index (χ0) is 21.3. The second-order valence-electron chi connectivity index (χ2n) is 7.45. The highest BCUT2D eigenvalue weighted by Gasteiger charge is 2.29. The summed E-state index contributed by atoms with van der Waals surface area (Å²) in [5.74, 6) is 0.173. The van der Waals surface area contributed by atoms with Crippen molar-refractivity contribution in [2.75, 3.05) is 26.2 Å². The Kier molecular flexibility index (Phi) is 5.83. The monoisotopic (exact) mass is 428 g/mol. The maximum absolute atomic E-state index is 14.1. The van der Waals surface area contributed by atoms with Crippen LogP contribution >= 0.6 is 11.6 Å². The number of hydrogen-bond acceptors (Lipinski definition) is 5. The summed E-state index contributed by atoms with van der Waals surface area (Å²) in [5.41, 5.74) is 2.12. The number of carbonyl (C=O) groups excluding carboxylic acids is 1. The van der Waals surface area contributed by atoms with Crippen LogP contribution < -0.4 is 0 Å². The molecular formula is C22H22ClFN4O2. The quantitative estimate of drug-likeness (QED) is 0.618. The molecule has 1 atom stereocenters. The first-order valence-corrected chi connectivity index (χ1v) is 10.2. The van der Waals surface area contributed by atoms with E-state index in [-0.39, 0.29) is 22.5 Å². The van der Waals surface area contributed by atoms with Crippen molar-refractivity contribution in [3.8, 4) is 11.4 Å². The van der Waals surface area contributed by atoms with Crippen LogP contribution in [-0.2, 0) is 0 Å². The van der Waals surface area contributed by atoms with E-state index < -0.39 is 5.82 Å². The molecule has 0 radical (unpaired) electrons. The van der Waals surface area contributed by atoms with Gasteiger partial charge in [-0.15, -0.1) is 0 Å². The van der Waals surface area contributed by atoms with Crippen LogP contribution in [0.3, 0.4) is 0 Å². The fraction of sp³-hybridized carbons (Fsp3) is 0.318. The Labute approximate surface area is 179 Å². The topological polar surface area (TPSA) is 62.5 Å². The molecule has 0 spiro atoms. The summed E-state index contributed by atoms with van der Waals surface area (Å²) in [7, 11) is 0. The van der Waals surface area contributed by atoms with E-state index in [1.54, 1.807) is 4.90 Å². The lowest BCUT2D eigenvalue weighted by Crippen LogP contribution is -2.49. The van der Waals surface area contributed by atoms with Gasteiger partial charge in [-0.3, -0.25) is 9.69 Å². The second kappa shape index (κ2) is 8.53. The van der Waals surface area contributed by atoms with Crippen molar-refractivity contribution in [2.45, 2.75) is 19.9 Å². The molecule has 156 valence electrons. The number of rotatable bonds is 4. The van der Waals surface area contributed by atoms with Gasteiger partial charge in [0, 0.05) is 36.8 Å². The van der Waals surface area contributed by atoms with Crippen LogP contribution in [0.4, 0.5) is 4.39 Å². The van der Waals surface area contributed by atoms with E-state index in [1.807, 2.05) is 38.1 Å². The predicted molar refractivity (Wildman–Crippen MR) is 112 cm³/mol. The van der Waals surface area contributed by atoms with Gasteiger partial charge >= 0.3 is 0 Å². The van der Waals surface area contributed by atoms with Crippen molar-refractivity contribution >= 4 is 17.5 Å². The highest BCUT2D eigenvalue weighted by atomic mass is 35.5. The minimum absolute atomic E-state index is 0.0422. The molecule has 4 rings (SSSR count). The molecule has 1 aliphatic heterocycles. The third kappa shape index (κ3) is 4.22. The van der Waals surface area contributed by atoms with Crippen LogP contribution in [0.2, 0.25) is 5.02 Å². The van der Waals surface area contributed by atoms with Crippen molar-refractivity contribution in [1.82, 2.24) is 19.9 Å². The van der Waals surface area contributed by atoms with Crippen LogP contribution in [0, 0.1) is 12.7 Å². The average Bonchev–Trinajstić information content (AvgIpc) is 3.24. The van der Waals surface area contributed by atoms with E-state index in [0.717, 1.165) is 11.6 Å². The standard InChI is InChI=1S/C22H22ClFN4O2/c1-14-3-5-16(6-4-14)20-25-21(30-26-20)15(2)27-9-11-28(12-10-27)22(29)18-8-7-17(23)13-19(18)24/h3-8,13,15H,9-12H2,1-2H3. The van der Waals surface area contributed by atoms with E-state index in [0.29, 0.717) is 37.9 Å². The van der Waals surface area contributed by atoms with Gasteiger partial charge in [-0.1, -0.05) is 46.6 Å². The van der Waals surface area contributed by atoms with E-state index in [2.05, 4.69) is 15.0 Å². The SMILES string of the molecule is Cc1ccc(-c2noc(C(C)N3CCN(C(=O)c4ccc(Cl)cc4F)CC3)n2)cc1. The predicted octanol–water partition coefficient (Wildman–Crippen LogP) is 4.36. The Morgan fingerprint density at radius 3 is 2.50 bits per heavy atom. The normalized spacial score (nSPS) is 15.9. The summed E-state index contributed by atoms with van der Waals surface area (Å²) in [6.07, 6.45) is 0. The molecule has 2 heterocycles. The second-order valence-corrected chi connectivity index (χ2v) is 7.89. The lowest BCUT2D eigenvalue weighted by Gasteiger charge is -2.36. The van der Waals surface area contributed by atoms with Gasteiger partial charge in [-0.2, -0.15) is 4.98 Å². The summed E-state index contributed by atoms with van der Waals surface area (Å²) >= 11 is 5.78. The molecule has 8 heteroatoms. The van der Waals surface area contributed by atoms with Crippen molar-refractivity contribution in [3.05, 3.63) is 70.3 Å². The van der Waals surface area contributed by atoms with Crippen molar-refractivity contribution in [3.63, 3.8) is 0 Å². The van der Waals surface area contributed by atoms with Gasteiger partial charge < -0.3 is 9.42 Å². The van der Waals surface area contributed by atoms with Crippen molar-refractivity contribution < 1.29 is 13.7 Å². The number of halogens is 2. The number of aryl methyl sites for hydroxylation is 1. The van der Waals surface area contributed by atoms with Gasteiger partial charge in [0.15, 0.2) is 0 Å². The molecule has 30 heavy (non-hydrogen) atoms. The van der Waals surface area contributed by atoms with Crippen molar-refractivity contribution in [2.24, 2.45) is 0 Å². The summed E-state index contributed by atoms with van der Waals surface area (Å²) in [5, 5.41) is 4.37. The third-order valence-corrected chi connectivity index (χ3v) is 5.65. The summed E-state index contributed by atoms with van der Waals surface area (Å²) in [6.45, 7) is 6.27. The van der Waals surface area contributed by atoms with E-state index in [1.165, 1.54) is 17.7 Å². The van der Waals surface area contributed by atoms with Gasteiger partial charge in [0.1, 0.15) is 5.82 Å². The van der Waals surface area contributed by atoms with Crippen LogP contribution in [0.25, 0.3) is 11.4 Å². The molecule has 2 aromatic carbocycles. The lowest BCUT2D eigenvalue weighted by atomic mass is 10.1. The maximum Gasteiger partial charge on any atom is 0.256 e. The van der Waals surface area contributed by atoms with Gasteiger partial charge in [-0.05, 0) is 32.0 Å². The van der Waals surface area contributed by atoms with Crippen LogP contribution in [-0.4, -0.2) is 52.0 Å². The Morgan fingerprint density at radius 1 is 1.13 bits per heavy atom. The molecule has 0 bridgehead atoms. The molecule has 1 amide bonds. The molecule has 0 N–H and O–H groups in total. The molecule has 1 fully saturated rings. The van der Waals surface area contributed by atoms with Gasteiger partial charge in [0.25, 0.3) is 5.91 Å². The van der Waals surface area contributed by atoms with Gasteiger partial charge in [-0.25, -0.2) is 4.39 Å². The summed E-state index contributed by atoms with van der Waals surface area (Å²) in [6, 6.07) is 12.0. The maximum atomic E-state index is 14.1. The molecule has 1 unspecified atom stereocenters. The Morgan fingerprint density at radius 2 is 1.83 bits per heavy atom. The van der Waals surface area contributed by atoms with Crippen LogP contribution in [0.1, 0.15) is 34.8 Å². The number of nitrogens with zero attached hydrogens (tertiary/aromatic N) is 4. The number of piperazine rings is 1. The number of benzene rings is 2. The smallest absolute Gasteiger partial charge is 0.256 e. The Hall–Kier alpha value is -2.77. The molecule has 0 aliphatic carbocycles. The average molecular weight is 429 g/mol. The summed E-state index contributed by atoms with van der Waals surface area (Å²) in [4.78, 5) is 21.0. The number of hydrogen-bond donors (Lipinski definition) is 0.